The van der Waals surface area contributed by atoms with Gasteiger partial charge >= 0.3 is 0 Å². The summed E-state index contributed by atoms with van der Waals surface area (Å²) in [6, 6.07) is 9.83. The van der Waals surface area contributed by atoms with E-state index in [9.17, 15) is 0 Å². The minimum atomic E-state index is 0. The van der Waals surface area contributed by atoms with Gasteiger partial charge in [0.05, 0.1) is 12.2 Å². The lowest BCUT2D eigenvalue weighted by Crippen LogP contribution is -2.22. The first-order valence-corrected chi connectivity index (χ1v) is 5.36. The first kappa shape index (κ1) is 14.5. The smallest absolute Gasteiger partial charge is 0.193 e. The van der Waals surface area contributed by atoms with E-state index < -0.39 is 0 Å². The topological polar surface area (TPSA) is 79.1 Å². The molecule has 0 aliphatic rings. The van der Waals surface area contributed by atoms with E-state index in [1.54, 1.807) is 6.20 Å². The average molecular weight is 357 g/mol. The van der Waals surface area contributed by atoms with E-state index in [1.807, 2.05) is 37.3 Å². The number of hydrogen-bond donors (Lipinski definition) is 3. The lowest BCUT2D eigenvalue weighted by atomic mass is 10.2. The molecule has 0 bridgehead atoms. The lowest BCUT2D eigenvalue weighted by molar-refractivity contribution is 0.944. The number of nitrogens with one attached hydrogen (secondary N) is 2. The molecule has 18 heavy (non-hydrogen) atoms. The summed E-state index contributed by atoms with van der Waals surface area (Å²) in [6.07, 6.45) is 1.69. The second-order valence-corrected chi connectivity index (χ2v) is 3.78. The van der Waals surface area contributed by atoms with Gasteiger partial charge < -0.3 is 11.1 Å². The molecule has 0 aliphatic carbocycles. The van der Waals surface area contributed by atoms with Crippen molar-refractivity contribution in [3.8, 4) is 0 Å². The van der Waals surface area contributed by atoms with Crippen LogP contribution in [0.25, 0.3) is 0 Å². The number of benzene rings is 1. The Balaban J connectivity index is 0.00000162. The van der Waals surface area contributed by atoms with Crippen LogP contribution in [0.1, 0.15) is 11.3 Å². The first-order chi connectivity index (χ1) is 8.24. The van der Waals surface area contributed by atoms with Crippen molar-refractivity contribution < 1.29 is 0 Å². The summed E-state index contributed by atoms with van der Waals surface area (Å²) in [5, 5.41) is 9.70. The van der Waals surface area contributed by atoms with Gasteiger partial charge in [-0.1, -0.05) is 12.1 Å². The summed E-state index contributed by atoms with van der Waals surface area (Å²) in [5.41, 5.74) is 8.82. The molecule has 0 fully saturated rings. The predicted molar refractivity (Wildman–Crippen MR) is 84.1 cm³/mol. The van der Waals surface area contributed by atoms with Crippen LogP contribution in [0.2, 0.25) is 0 Å². The fraction of sp³-hybridized carbons (Fsp3) is 0.167. The summed E-state index contributed by atoms with van der Waals surface area (Å²) in [4.78, 5) is 4.20. The molecule has 0 radical (unpaired) electrons. The Hall–Kier alpha value is -1.57. The van der Waals surface area contributed by atoms with Crippen LogP contribution in [0.15, 0.2) is 41.5 Å². The first-order valence-electron chi connectivity index (χ1n) is 5.36. The molecule has 1 heterocycles. The summed E-state index contributed by atoms with van der Waals surface area (Å²) in [5.74, 6) is 0.394. The van der Waals surface area contributed by atoms with Crippen LogP contribution in [0.4, 0.5) is 5.69 Å². The number of hydrogen-bond acceptors (Lipinski definition) is 2. The van der Waals surface area contributed by atoms with Crippen molar-refractivity contribution in [1.82, 2.24) is 10.2 Å². The zero-order chi connectivity index (χ0) is 12.1. The predicted octanol–water partition coefficient (Wildman–Crippen LogP) is 2.26. The molecule has 6 heteroatoms. The molecule has 0 saturated carbocycles. The Labute approximate surface area is 123 Å². The second-order valence-electron chi connectivity index (χ2n) is 3.78. The van der Waals surface area contributed by atoms with Crippen LogP contribution in [-0.4, -0.2) is 16.2 Å². The van der Waals surface area contributed by atoms with Crippen molar-refractivity contribution in [3.63, 3.8) is 0 Å². The Bertz CT molecular complexity index is 507. The van der Waals surface area contributed by atoms with Crippen molar-refractivity contribution in [2.75, 3.05) is 5.32 Å². The molecule has 0 atom stereocenters. The van der Waals surface area contributed by atoms with E-state index in [1.165, 1.54) is 5.56 Å². The number of nitrogens with two attached hydrogens (primary N) is 1. The van der Waals surface area contributed by atoms with Gasteiger partial charge in [0.2, 0.25) is 0 Å². The number of H-pyrrole nitrogens is 1. The van der Waals surface area contributed by atoms with Crippen LogP contribution >= 0.6 is 24.0 Å². The molecular weight excluding hydrogens is 341 g/mol. The highest BCUT2D eigenvalue weighted by Crippen LogP contribution is 2.08. The summed E-state index contributed by atoms with van der Waals surface area (Å²) in [7, 11) is 0. The average Bonchev–Trinajstić information content (AvgIpc) is 2.79. The molecule has 5 nitrogen and oxygen atoms in total. The van der Waals surface area contributed by atoms with Crippen LogP contribution in [0, 0.1) is 6.92 Å². The molecule has 0 amide bonds. The number of aromatic amines is 1. The van der Waals surface area contributed by atoms with E-state index >= 15 is 0 Å². The molecule has 1 aromatic carbocycles. The molecule has 96 valence electrons. The van der Waals surface area contributed by atoms with Gasteiger partial charge in [-0.15, -0.1) is 24.0 Å². The van der Waals surface area contributed by atoms with Crippen LogP contribution < -0.4 is 11.1 Å². The number of aryl methyl sites for hydroxylation is 1. The minimum Gasteiger partial charge on any atom is -0.370 e. The normalized spacial score (nSPS) is 10.8. The SMILES string of the molecule is Cc1cccc(NC(N)=NCc2ccn[nH]2)c1.I. The van der Waals surface area contributed by atoms with E-state index in [0.717, 1.165) is 11.4 Å². The molecule has 1 aromatic heterocycles. The zero-order valence-electron chi connectivity index (χ0n) is 10.1. The van der Waals surface area contributed by atoms with Crippen molar-refractivity contribution >= 4 is 35.6 Å². The third-order valence-corrected chi connectivity index (χ3v) is 2.27. The Morgan fingerprint density at radius 2 is 2.28 bits per heavy atom. The molecule has 2 rings (SSSR count). The Morgan fingerprint density at radius 3 is 2.94 bits per heavy atom. The van der Waals surface area contributed by atoms with Gasteiger partial charge in [-0.2, -0.15) is 5.10 Å². The number of rotatable bonds is 3. The van der Waals surface area contributed by atoms with Gasteiger partial charge in [0, 0.05) is 11.9 Å². The van der Waals surface area contributed by atoms with Crippen molar-refractivity contribution in [3.05, 3.63) is 47.8 Å². The maximum atomic E-state index is 5.78. The largest absolute Gasteiger partial charge is 0.370 e. The number of aliphatic imine (C=N–C) groups is 1. The van der Waals surface area contributed by atoms with E-state index in [2.05, 4.69) is 20.5 Å². The van der Waals surface area contributed by atoms with Gasteiger partial charge in [-0.05, 0) is 30.7 Å². The molecule has 0 unspecified atom stereocenters. The number of halogens is 1. The van der Waals surface area contributed by atoms with Gasteiger partial charge in [0.1, 0.15) is 0 Å². The van der Waals surface area contributed by atoms with Gasteiger partial charge in [0.15, 0.2) is 5.96 Å². The maximum absolute atomic E-state index is 5.78. The number of anilines is 1. The lowest BCUT2D eigenvalue weighted by Gasteiger charge is -2.05. The fourth-order valence-electron chi connectivity index (χ4n) is 1.45. The van der Waals surface area contributed by atoms with Crippen LogP contribution in [0.3, 0.4) is 0 Å². The number of nitrogens with zero attached hydrogens (tertiary/aromatic N) is 2. The quantitative estimate of drug-likeness (QED) is 0.448. The molecule has 2 aromatic rings. The van der Waals surface area contributed by atoms with E-state index in [4.69, 9.17) is 5.73 Å². The number of guanidine groups is 1. The van der Waals surface area contributed by atoms with Crippen molar-refractivity contribution in [2.24, 2.45) is 10.7 Å². The Morgan fingerprint density at radius 1 is 1.44 bits per heavy atom. The molecule has 0 saturated heterocycles. The van der Waals surface area contributed by atoms with Gasteiger partial charge in [-0.3, -0.25) is 5.10 Å². The third kappa shape index (κ3) is 4.36. The van der Waals surface area contributed by atoms with Crippen molar-refractivity contribution in [2.45, 2.75) is 13.5 Å². The molecule has 0 spiro atoms. The van der Waals surface area contributed by atoms with Crippen molar-refractivity contribution in [1.29, 1.82) is 0 Å². The van der Waals surface area contributed by atoms with Gasteiger partial charge in [-0.25, -0.2) is 4.99 Å². The fourth-order valence-corrected chi connectivity index (χ4v) is 1.45. The highest BCUT2D eigenvalue weighted by Gasteiger charge is 1.96. The van der Waals surface area contributed by atoms with Crippen LogP contribution in [0.5, 0.6) is 0 Å². The van der Waals surface area contributed by atoms with Crippen LogP contribution in [-0.2, 0) is 6.54 Å². The monoisotopic (exact) mass is 357 g/mol. The maximum Gasteiger partial charge on any atom is 0.193 e. The summed E-state index contributed by atoms with van der Waals surface area (Å²) >= 11 is 0. The second kappa shape index (κ2) is 7.00. The summed E-state index contributed by atoms with van der Waals surface area (Å²) in [6.45, 7) is 2.52. The standard InChI is InChI=1S/C12H15N5.HI/c1-9-3-2-4-10(7-9)16-12(13)14-8-11-5-6-15-17-11;/h2-7H,8H2,1H3,(H,15,17)(H3,13,14,16);1H. The Kier molecular flexibility index (Phi) is 5.63. The molecule has 0 aliphatic heterocycles. The van der Waals surface area contributed by atoms with E-state index in [-0.39, 0.29) is 24.0 Å². The number of aromatic nitrogens is 2. The van der Waals surface area contributed by atoms with Gasteiger partial charge in [0.25, 0.3) is 0 Å². The highest BCUT2D eigenvalue weighted by molar-refractivity contribution is 14.0. The highest BCUT2D eigenvalue weighted by atomic mass is 127. The minimum absolute atomic E-state index is 0. The third-order valence-electron chi connectivity index (χ3n) is 2.27. The molecular formula is C12H16IN5. The summed E-state index contributed by atoms with van der Waals surface area (Å²) < 4.78 is 0. The zero-order valence-corrected chi connectivity index (χ0v) is 12.4. The molecule has 4 N–H and O–H groups in total. The van der Waals surface area contributed by atoms with E-state index in [0.29, 0.717) is 12.5 Å².